The van der Waals surface area contributed by atoms with Crippen molar-refractivity contribution in [2.75, 3.05) is 34.2 Å². The summed E-state index contributed by atoms with van der Waals surface area (Å²) in [6, 6.07) is 4.93. The van der Waals surface area contributed by atoms with Gasteiger partial charge in [0.2, 0.25) is 0 Å². The molecule has 94 valence electrons. The highest BCUT2D eigenvalue weighted by molar-refractivity contribution is 5.76. The molecule has 0 fully saturated rings. The third kappa shape index (κ3) is 4.42. The van der Waals surface area contributed by atoms with E-state index in [-0.39, 0.29) is 6.79 Å². The smallest absolute Gasteiger partial charge is 0.189 e. The Balaban J connectivity index is 2.52. The summed E-state index contributed by atoms with van der Waals surface area (Å²) in [5.41, 5.74) is 0.526. The fourth-order valence-electron chi connectivity index (χ4n) is 1.19. The average molecular weight is 240 g/mol. The number of benzene rings is 1. The van der Waals surface area contributed by atoms with Crippen LogP contribution < -0.4 is 9.47 Å². The molecule has 5 heteroatoms. The Morgan fingerprint density at radius 1 is 1.18 bits per heavy atom. The van der Waals surface area contributed by atoms with E-state index in [1.165, 1.54) is 7.11 Å². The number of methoxy groups -OCH3 is 2. The van der Waals surface area contributed by atoms with Gasteiger partial charge in [-0.2, -0.15) is 0 Å². The van der Waals surface area contributed by atoms with Crippen molar-refractivity contribution < 1.29 is 23.7 Å². The van der Waals surface area contributed by atoms with Gasteiger partial charge in [-0.1, -0.05) is 0 Å². The summed E-state index contributed by atoms with van der Waals surface area (Å²) >= 11 is 0. The van der Waals surface area contributed by atoms with Gasteiger partial charge in [-0.05, 0) is 18.2 Å². The molecule has 0 radical (unpaired) electrons. The van der Waals surface area contributed by atoms with E-state index in [2.05, 4.69) is 0 Å². The normalized spacial score (nSPS) is 10.0. The molecule has 1 rings (SSSR count). The van der Waals surface area contributed by atoms with E-state index in [4.69, 9.17) is 18.9 Å². The van der Waals surface area contributed by atoms with Crippen molar-refractivity contribution in [3.05, 3.63) is 23.8 Å². The van der Waals surface area contributed by atoms with Crippen LogP contribution >= 0.6 is 0 Å². The monoisotopic (exact) mass is 240 g/mol. The summed E-state index contributed by atoms with van der Waals surface area (Å²) in [5.74, 6) is 1.04. The Bertz CT molecular complexity index is 351. The first kappa shape index (κ1) is 13.5. The van der Waals surface area contributed by atoms with Crippen LogP contribution in [0.25, 0.3) is 0 Å². The molecule has 0 atom stereocenters. The standard InChI is InChI=1S/C12H16O5/c1-14-5-6-16-9-17-12-7-10(8-13)3-4-11(12)15-2/h3-4,7-8H,5-6,9H2,1-2H3. The van der Waals surface area contributed by atoms with Crippen molar-refractivity contribution in [3.63, 3.8) is 0 Å². The molecule has 1 aromatic carbocycles. The third-order valence-electron chi connectivity index (χ3n) is 2.05. The largest absolute Gasteiger partial charge is 0.493 e. The van der Waals surface area contributed by atoms with Gasteiger partial charge in [-0.3, -0.25) is 4.79 Å². The number of hydrogen-bond acceptors (Lipinski definition) is 5. The van der Waals surface area contributed by atoms with Crippen LogP contribution in [-0.4, -0.2) is 40.5 Å². The number of hydrogen-bond donors (Lipinski definition) is 0. The molecule has 0 amide bonds. The van der Waals surface area contributed by atoms with E-state index in [1.807, 2.05) is 0 Å². The van der Waals surface area contributed by atoms with Crippen LogP contribution in [-0.2, 0) is 9.47 Å². The lowest BCUT2D eigenvalue weighted by molar-refractivity contribution is -0.00946. The topological polar surface area (TPSA) is 54.0 Å². The van der Waals surface area contributed by atoms with Crippen molar-refractivity contribution in [1.29, 1.82) is 0 Å². The summed E-state index contributed by atoms with van der Waals surface area (Å²) in [4.78, 5) is 10.6. The molecule has 0 saturated carbocycles. The zero-order valence-electron chi connectivity index (χ0n) is 9.97. The highest BCUT2D eigenvalue weighted by Crippen LogP contribution is 2.27. The Morgan fingerprint density at radius 3 is 2.65 bits per heavy atom. The fraction of sp³-hybridized carbons (Fsp3) is 0.417. The van der Waals surface area contributed by atoms with E-state index in [0.717, 1.165) is 6.29 Å². The molecule has 0 aliphatic heterocycles. The first-order valence-electron chi connectivity index (χ1n) is 5.14. The van der Waals surface area contributed by atoms with Crippen molar-refractivity contribution in [3.8, 4) is 11.5 Å². The fourth-order valence-corrected chi connectivity index (χ4v) is 1.19. The van der Waals surface area contributed by atoms with Crippen molar-refractivity contribution in [2.24, 2.45) is 0 Å². The lowest BCUT2D eigenvalue weighted by Crippen LogP contribution is -2.08. The number of carbonyl (C=O) groups is 1. The van der Waals surface area contributed by atoms with E-state index in [0.29, 0.717) is 30.3 Å². The summed E-state index contributed by atoms with van der Waals surface area (Å²) in [7, 11) is 3.13. The molecule has 0 saturated heterocycles. The van der Waals surface area contributed by atoms with Gasteiger partial charge in [0.1, 0.15) is 6.29 Å². The molecule has 17 heavy (non-hydrogen) atoms. The van der Waals surface area contributed by atoms with Gasteiger partial charge in [0, 0.05) is 12.7 Å². The molecule has 0 aromatic heterocycles. The van der Waals surface area contributed by atoms with E-state index >= 15 is 0 Å². The van der Waals surface area contributed by atoms with Gasteiger partial charge in [0.15, 0.2) is 18.3 Å². The molecule has 1 aromatic rings. The summed E-state index contributed by atoms with van der Waals surface area (Å²) in [6.45, 7) is 1.04. The molecule has 0 heterocycles. The highest BCUT2D eigenvalue weighted by atomic mass is 16.7. The maximum Gasteiger partial charge on any atom is 0.189 e. The summed E-state index contributed by atoms with van der Waals surface area (Å²) in [5, 5.41) is 0. The van der Waals surface area contributed by atoms with Crippen LogP contribution in [0.3, 0.4) is 0 Å². The number of aldehydes is 1. The second-order valence-electron chi connectivity index (χ2n) is 3.19. The van der Waals surface area contributed by atoms with Gasteiger partial charge in [0.05, 0.1) is 20.3 Å². The second-order valence-corrected chi connectivity index (χ2v) is 3.19. The first-order chi connectivity index (χ1) is 8.31. The minimum Gasteiger partial charge on any atom is -0.493 e. The van der Waals surface area contributed by atoms with Crippen LogP contribution in [0.1, 0.15) is 10.4 Å². The van der Waals surface area contributed by atoms with Crippen LogP contribution in [0.2, 0.25) is 0 Å². The van der Waals surface area contributed by atoms with E-state index in [1.54, 1.807) is 25.3 Å². The first-order valence-corrected chi connectivity index (χ1v) is 5.14. The van der Waals surface area contributed by atoms with E-state index in [9.17, 15) is 4.79 Å². The van der Waals surface area contributed by atoms with Crippen LogP contribution in [0.4, 0.5) is 0 Å². The zero-order chi connectivity index (χ0) is 12.5. The Morgan fingerprint density at radius 2 is 2.00 bits per heavy atom. The SMILES string of the molecule is COCCOCOc1cc(C=O)ccc1OC. The van der Waals surface area contributed by atoms with Crippen LogP contribution in [0.15, 0.2) is 18.2 Å². The van der Waals surface area contributed by atoms with Crippen molar-refractivity contribution in [2.45, 2.75) is 0 Å². The van der Waals surface area contributed by atoms with Gasteiger partial charge in [-0.25, -0.2) is 0 Å². The predicted molar refractivity (Wildman–Crippen MR) is 61.7 cm³/mol. The van der Waals surface area contributed by atoms with Gasteiger partial charge < -0.3 is 18.9 Å². The maximum atomic E-state index is 10.6. The number of carbonyl (C=O) groups excluding carboxylic acids is 1. The third-order valence-corrected chi connectivity index (χ3v) is 2.05. The van der Waals surface area contributed by atoms with Crippen LogP contribution in [0, 0.1) is 0 Å². The number of rotatable bonds is 8. The lowest BCUT2D eigenvalue weighted by atomic mass is 10.2. The highest BCUT2D eigenvalue weighted by Gasteiger charge is 2.05. The van der Waals surface area contributed by atoms with E-state index < -0.39 is 0 Å². The lowest BCUT2D eigenvalue weighted by Gasteiger charge is -2.11. The quantitative estimate of drug-likeness (QED) is 0.391. The zero-order valence-corrected chi connectivity index (χ0v) is 9.97. The van der Waals surface area contributed by atoms with Crippen molar-refractivity contribution in [1.82, 2.24) is 0 Å². The molecular weight excluding hydrogens is 224 g/mol. The number of ether oxygens (including phenoxy) is 4. The second kappa shape index (κ2) is 7.65. The summed E-state index contributed by atoms with van der Waals surface area (Å²) < 4.78 is 20.4. The molecule has 0 aliphatic carbocycles. The van der Waals surface area contributed by atoms with Gasteiger partial charge in [-0.15, -0.1) is 0 Å². The minimum absolute atomic E-state index is 0.0853. The van der Waals surface area contributed by atoms with Gasteiger partial charge in [0.25, 0.3) is 0 Å². The van der Waals surface area contributed by atoms with Crippen molar-refractivity contribution >= 4 is 6.29 Å². The Kier molecular flexibility index (Phi) is 6.06. The summed E-state index contributed by atoms with van der Waals surface area (Å²) in [6.07, 6.45) is 0.748. The maximum absolute atomic E-state index is 10.6. The molecule has 0 N–H and O–H groups in total. The van der Waals surface area contributed by atoms with Crippen LogP contribution in [0.5, 0.6) is 11.5 Å². The molecule has 5 nitrogen and oxygen atoms in total. The minimum atomic E-state index is 0.0853. The molecule has 0 aliphatic rings. The Labute approximate surface area is 100 Å². The Hall–Kier alpha value is -1.59. The molecule has 0 spiro atoms. The molecular formula is C12H16O5. The van der Waals surface area contributed by atoms with Gasteiger partial charge >= 0.3 is 0 Å². The molecule has 0 unspecified atom stereocenters. The predicted octanol–water partition coefficient (Wildman–Crippen LogP) is 1.51. The average Bonchev–Trinajstić information content (AvgIpc) is 2.38. The molecule has 0 bridgehead atoms.